The van der Waals surface area contributed by atoms with Crippen molar-refractivity contribution in [3.63, 3.8) is 0 Å². The molecule has 4 aromatic carbocycles. The minimum atomic E-state index is -0.717. The van der Waals surface area contributed by atoms with Crippen molar-refractivity contribution in [1.82, 2.24) is 9.88 Å². The van der Waals surface area contributed by atoms with Gasteiger partial charge in [0.1, 0.15) is 17.8 Å². The molecule has 0 unspecified atom stereocenters. The predicted molar refractivity (Wildman–Crippen MR) is 166 cm³/mol. The summed E-state index contributed by atoms with van der Waals surface area (Å²) in [6, 6.07) is 28.1. The van der Waals surface area contributed by atoms with E-state index in [1.807, 2.05) is 56.3 Å². The average Bonchev–Trinajstić information content (AvgIpc) is 3.51. The molecule has 3 heterocycles. The Morgan fingerprint density at radius 1 is 0.930 bits per heavy atom. The Morgan fingerprint density at radius 2 is 1.65 bits per heavy atom. The molecule has 2 atom stereocenters. The van der Waals surface area contributed by atoms with Crippen molar-refractivity contribution in [3.8, 4) is 5.75 Å². The summed E-state index contributed by atoms with van der Waals surface area (Å²) in [6.45, 7) is 4.46. The number of imide groups is 1. The molecule has 8 heteroatoms. The predicted octanol–water partition coefficient (Wildman–Crippen LogP) is 6.61. The number of nitrogens with one attached hydrogen (secondary N) is 2. The van der Waals surface area contributed by atoms with Gasteiger partial charge in [0.2, 0.25) is 0 Å². The summed E-state index contributed by atoms with van der Waals surface area (Å²) >= 11 is 0. The van der Waals surface area contributed by atoms with Crippen molar-refractivity contribution in [2.75, 3.05) is 16.8 Å². The van der Waals surface area contributed by atoms with Gasteiger partial charge < -0.3 is 15.0 Å². The maximum absolute atomic E-state index is 14.4. The van der Waals surface area contributed by atoms with Gasteiger partial charge in [0.15, 0.2) is 0 Å². The quantitative estimate of drug-likeness (QED) is 0.225. The Balaban J connectivity index is 1.28. The van der Waals surface area contributed by atoms with Crippen LogP contribution in [0.5, 0.6) is 5.75 Å². The molecular weight excluding hydrogens is 540 g/mol. The van der Waals surface area contributed by atoms with Gasteiger partial charge in [-0.25, -0.2) is 9.69 Å². The second-order valence-electron chi connectivity index (χ2n) is 10.8. The van der Waals surface area contributed by atoms with Gasteiger partial charge in [-0.1, -0.05) is 54.6 Å². The van der Waals surface area contributed by atoms with E-state index in [4.69, 9.17) is 4.74 Å². The van der Waals surface area contributed by atoms with Gasteiger partial charge in [0.25, 0.3) is 11.8 Å². The van der Waals surface area contributed by atoms with Crippen LogP contribution >= 0.6 is 0 Å². The highest BCUT2D eigenvalue weighted by Gasteiger charge is 2.53. The minimum Gasteiger partial charge on any atom is -0.494 e. The molecule has 4 amide bonds. The Kier molecular flexibility index (Phi) is 6.46. The molecule has 0 bridgehead atoms. The van der Waals surface area contributed by atoms with Crippen molar-refractivity contribution in [3.05, 3.63) is 125 Å². The van der Waals surface area contributed by atoms with Crippen LogP contribution in [0.1, 0.15) is 45.7 Å². The highest BCUT2D eigenvalue weighted by molar-refractivity contribution is 6.24. The Morgan fingerprint density at radius 3 is 2.44 bits per heavy atom. The molecule has 1 fully saturated rings. The average molecular weight is 571 g/mol. The second-order valence-corrected chi connectivity index (χ2v) is 10.8. The number of para-hydroxylation sites is 2. The number of rotatable bonds is 6. The number of H-pyrrole nitrogens is 1. The molecule has 214 valence electrons. The molecule has 2 N–H and O–H groups in total. The molecule has 0 aliphatic carbocycles. The molecule has 0 radical (unpaired) electrons. The molecule has 2 aliphatic rings. The topological polar surface area (TPSA) is 94.7 Å². The summed E-state index contributed by atoms with van der Waals surface area (Å²) in [6.07, 6.45) is 0.378. The number of carbonyl (C=O) groups is 3. The van der Waals surface area contributed by atoms with Crippen LogP contribution in [0.3, 0.4) is 0 Å². The molecule has 0 spiro atoms. The van der Waals surface area contributed by atoms with Gasteiger partial charge in [0.05, 0.1) is 17.9 Å². The number of urea groups is 1. The number of aryl methyl sites for hydroxylation is 1. The molecule has 1 saturated heterocycles. The number of anilines is 2. The highest BCUT2D eigenvalue weighted by atomic mass is 16.5. The normalized spacial score (nSPS) is 17.6. The first-order chi connectivity index (χ1) is 21.0. The fourth-order valence-corrected chi connectivity index (χ4v) is 6.37. The van der Waals surface area contributed by atoms with Crippen molar-refractivity contribution < 1.29 is 19.1 Å². The van der Waals surface area contributed by atoms with Crippen LogP contribution in [0.25, 0.3) is 10.9 Å². The molecule has 0 saturated carbocycles. The fraction of sp³-hybridized carbons (Fsp3) is 0.171. The lowest BCUT2D eigenvalue weighted by molar-refractivity contribution is -0.120. The van der Waals surface area contributed by atoms with Crippen LogP contribution in [0, 0.1) is 6.92 Å². The maximum atomic E-state index is 14.4. The van der Waals surface area contributed by atoms with E-state index in [2.05, 4.69) is 16.4 Å². The van der Waals surface area contributed by atoms with Gasteiger partial charge >= 0.3 is 6.03 Å². The molecule has 8 nitrogen and oxygen atoms in total. The zero-order valence-corrected chi connectivity index (χ0v) is 23.8. The van der Waals surface area contributed by atoms with Gasteiger partial charge in [-0.2, -0.15) is 0 Å². The third-order valence-corrected chi connectivity index (χ3v) is 8.34. The van der Waals surface area contributed by atoms with E-state index in [1.165, 1.54) is 4.90 Å². The fourth-order valence-electron chi connectivity index (χ4n) is 6.37. The van der Waals surface area contributed by atoms with Crippen LogP contribution in [0.2, 0.25) is 0 Å². The third-order valence-electron chi connectivity index (χ3n) is 8.34. The second kappa shape index (κ2) is 10.5. The molecule has 1 aromatic heterocycles. The number of hydrogen-bond acceptors (Lipinski definition) is 4. The van der Waals surface area contributed by atoms with Gasteiger partial charge in [-0.15, -0.1) is 0 Å². The summed E-state index contributed by atoms with van der Waals surface area (Å²) in [5.41, 5.74) is 5.95. The SMILES string of the molecule is CCOc1ccc(NC(=O)c2ccccc2N2C(=O)[C@@H]3Cc4c([nH]c5ccccc45)[C@H](c4ccccc4C)N3C2=O)cc1. The largest absolute Gasteiger partial charge is 0.494 e. The van der Waals surface area contributed by atoms with Crippen LogP contribution < -0.4 is 15.0 Å². The number of aromatic amines is 1. The standard InChI is InChI=1S/C35H30N4O4/c1-3-43-23-18-16-22(17-19-23)36-33(40)26-13-7-9-15-29(26)39-34(41)30-20-27-25-12-6-8-14-28(25)37-31(27)32(38(30)35(39)42)24-11-5-4-10-21(24)2/h4-19,30,32,37H,3,20H2,1-2H3,(H,36,40)/t30-,32-/m0/s1. The first-order valence-corrected chi connectivity index (χ1v) is 14.4. The summed E-state index contributed by atoms with van der Waals surface area (Å²) in [5.74, 6) is -0.0654. The molecule has 5 aromatic rings. The molecular formula is C35H30N4O4. The lowest BCUT2D eigenvalue weighted by atomic mass is 9.87. The van der Waals surface area contributed by atoms with E-state index in [1.54, 1.807) is 53.4 Å². The van der Waals surface area contributed by atoms with Crippen LogP contribution in [-0.4, -0.2) is 40.4 Å². The van der Waals surface area contributed by atoms with E-state index >= 15 is 0 Å². The summed E-state index contributed by atoms with van der Waals surface area (Å²) < 4.78 is 5.49. The molecule has 7 rings (SSSR count). The zero-order valence-electron chi connectivity index (χ0n) is 23.8. The van der Waals surface area contributed by atoms with E-state index in [0.29, 0.717) is 24.5 Å². The number of hydrogen-bond donors (Lipinski definition) is 2. The first-order valence-electron chi connectivity index (χ1n) is 14.4. The first kappa shape index (κ1) is 26.5. The summed E-state index contributed by atoms with van der Waals surface area (Å²) in [5, 5.41) is 3.94. The number of aromatic nitrogens is 1. The smallest absolute Gasteiger partial charge is 0.332 e. The summed E-state index contributed by atoms with van der Waals surface area (Å²) in [7, 11) is 0. The van der Waals surface area contributed by atoms with Gasteiger partial charge in [-0.3, -0.25) is 14.5 Å². The number of amides is 4. The number of nitrogens with zero attached hydrogens (tertiary/aromatic N) is 2. The minimum absolute atomic E-state index is 0.231. The van der Waals surface area contributed by atoms with Gasteiger partial charge in [0, 0.05) is 28.7 Å². The number of fused-ring (bicyclic) bond motifs is 4. The molecule has 43 heavy (non-hydrogen) atoms. The number of benzene rings is 4. The van der Waals surface area contributed by atoms with E-state index in [9.17, 15) is 14.4 Å². The summed E-state index contributed by atoms with van der Waals surface area (Å²) in [4.78, 5) is 48.6. The van der Waals surface area contributed by atoms with Crippen LogP contribution in [0.15, 0.2) is 97.1 Å². The number of ether oxygens (including phenoxy) is 1. The Labute approximate surface area is 248 Å². The number of carbonyl (C=O) groups excluding carboxylic acids is 3. The van der Waals surface area contributed by atoms with E-state index in [0.717, 1.165) is 33.3 Å². The monoisotopic (exact) mass is 570 g/mol. The lowest BCUT2D eigenvalue weighted by Gasteiger charge is -2.36. The van der Waals surface area contributed by atoms with Gasteiger partial charge in [-0.05, 0) is 73.0 Å². The Hall–Kier alpha value is -5.37. The van der Waals surface area contributed by atoms with E-state index in [-0.39, 0.29) is 17.2 Å². The lowest BCUT2D eigenvalue weighted by Crippen LogP contribution is -2.44. The highest BCUT2D eigenvalue weighted by Crippen LogP contribution is 2.45. The molecule has 2 aliphatic heterocycles. The maximum Gasteiger partial charge on any atom is 0.332 e. The Bertz CT molecular complexity index is 1890. The van der Waals surface area contributed by atoms with Crippen molar-refractivity contribution >= 4 is 40.1 Å². The van der Waals surface area contributed by atoms with Crippen molar-refractivity contribution in [2.24, 2.45) is 0 Å². The van der Waals surface area contributed by atoms with Crippen molar-refractivity contribution in [1.29, 1.82) is 0 Å². The van der Waals surface area contributed by atoms with Crippen LogP contribution in [-0.2, 0) is 11.2 Å². The van der Waals surface area contributed by atoms with E-state index < -0.39 is 24.0 Å². The third kappa shape index (κ3) is 4.34. The van der Waals surface area contributed by atoms with Crippen LogP contribution in [0.4, 0.5) is 16.2 Å². The van der Waals surface area contributed by atoms with Crippen molar-refractivity contribution in [2.45, 2.75) is 32.4 Å². The zero-order chi connectivity index (χ0) is 29.7.